The molecule has 8 heterocycles. The van der Waals surface area contributed by atoms with Gasteiger partial charge in [-0.1, -0.05) is 219 Å². The van der Waals surface area contributed by atoms with Gasteiger partial charge in [0.1, 0.15) is 0 Å². The van der Waals surface area contributed by atoms with E-state index in [2.05, 4.69) is 290 Å². The molecule has 700 valence electrons. The summed E-state index contributed by atoms with van der Waals surface area (Å²) in [6.07, 6.45) is 5.86. The number of fused-ring (bicyclic) bond motifs is 12. The monoisotopic (exact) mass is 2520 g/mol. The molecule has 4 aliphatic carbocycles. The van der Waals surface area contributed by atoms with Gasteiger partial charge in [0.05, 0.1) is 5.69 Å². The van der Waals surface area contributed by atoms with E-state index >= 15 is 0 Å². The van der Waals surface area contributed by atoms with Crippen molar-refractivity contribution in [2.45, 2.75) is 105 Å². The molecule has 0 amide bonds. The standard InChI is InChI=1S/4C20H16N.4C12H10N.4Ir/c1-20(2)17-11-7-6-10-15(17)16-12-19(21-13-18(16)20)14-8-4-3-5-9-14;1-20(2)17-11-7-6-10-15(17)16-12-13-21-19(18(16)20)14-8-4-3-5-9-14;1-20(2)16-11-7-6-10-15(16)18-17(20)12-13-21-19(18)14-8-4-3-5-9-14;1-20(2)16-11-7-6-10-15(16)19-17(20)12-13-18(21-19)14-8-4-3-5-9-14;4*1-10-6-5-9-12(13-10)11-7-3-2-4-8-11;;;;/h4*3-8,10-13H,1-2H3;4*2-7,9H,1H3;;;;/q8*-1;;;;. The average Bonchev–Trinajstić information content (AvgIpc) is 1.58. The molecule has 0 atom stereocenters. The Morgan fingerprint density at radius 2 is 0.493 bits per heavy atom. The number of nitrogens with zero attached hydrogens (tertiary/aromatic N) is 8. The Hall–Kier alpha value is -13.6. The van der Waals surface area contributed by atoms with E-state index < -0.39 is 0 Å². The van der Waals surface area contributed by atoms with Gasteiger partial charge in [0, 0.05) is 149 Å². The zero-order chi connectivity index (χ0) is 94.2. The van der Waals surface area contributed by atoms with Gasteiger partial charge in [0.15, 0.2) is 0 Å². The summed E-state index contributed by atoms with van der Waals surface area (Å²) < 4.78 is 0. The zero-order valence-corrected chi connectivity index (χ0v) is 89.8. The van der Waals surface area contributed by atoms with E-state index in [1.54, 1.807) is 0 Å². The van der Waals surface area contributed by atoms with Crippen molar-refractivity contribution in [2.75, 3.05) is 0 Å². The molecule has 0 saturated carbocycles. The molecular formula is C128H104Ir4N8-8. The fourth-order valence-electron chi connectivity index (χ4n) is 18.4. The summed E-state index contributed by atoms with van der Waals surface area (Å²) >= 11 is 0. The number of hydrogen-bond acceptors (Lipinski definition) is 8. The number of pyridine rings is 8. The number of aromatic nitrogens is 8. The molecule has 4 aliphatic rings. The van der Waals surface area contributed by atoms with Gasteiger partial charge >= 0.3 is 0 Å². The third kappa shape index (κ3) is 23.4. The number of hydrogen-bond donors (Lipinski definition) is 0. The first kappa shape index (κ1) is 104. The van der Waals surface area contributed by atoms with Gasteiger partial charge < -0.3 is 34.9 Å². The van der Waals surface area contributed by atoms with E-state index in [1.807, 2.05) is 289 Å². The molecule has 20 aromatic rings. The quantitative estimate of drug-likeness (QED) is 0.139. The molecule has 0 bridgehead atoms. The van der Waals surface area contributed by atoms with E-state index in [4.69, 9.17) is 4.98 Å². The van der Waals surface area contributed by atoms with E-state index in [0.717, 1.165) is 119 Å². The molecule has 0 saturated heterocycles. The van der Waals surface area contributed by atoms with Crippen LogP contribution in [0.1, 0.15) is 123 Å². The summed E-state index contributed by atoms with van der Waals surface area (Å²) in [5.74, 6) is 0. The smallest absolute Gasteiger partial charge is 0.0639 e. The number of benzene rings is 12. The summed E-state index contributed by atoms with van der Waals surface area (Å²) in [7, 11) is 0. The molecular weight excluding hydrogens is 2420 g/mol. The minimum Gasteiger partial charge on any atom is -0.304 e. The average molecular weight is 2520 g/mol. The van der Waals surface area contributed by atoms with Crippen LogP contribution in [0, 0.1) is 76.2 Å². The molecule has 0 spiro atoms. The normalized spacial score (nSPS) is 12.4. The Balaban J connectivity index is 0.000000135. The topological polar surface area (TPSA) is 103 Å². The van der Waals surface area contributed by atoms with E-state index in [9.17, 15) is 0 Å². The molecule has 0 fully saturated rings. The van der Waals surface area contributed by atoms with Gasteiger partial charge in [-0.05, 0) is 188 Å². The van der Waals surface area contributed by atoms with Crippen molar-refractivity contribution in [3.05, 3.63) is 529 Å². The molecule has 0 N–H and O–H groups in total. The first-order chi connectivity index (χ1) is 66.2. The Labute approximate surface area is 880 Å². The van der Waals surface area contributed by atoms with Crippen LogP contribution >= 0.6 is 0 Å². The molecule has 12 aromatic carbocycles. The maximum Gasteiger partial charge on any atom is 0.0639 e. The van der Waals surface area contributed by atoms with Crippen LogP contribution in [-0.4, -0.2) is 39.9 Å². The van der Waals surface area contributed by atoms with Crippen LogP contribution in [0.2, 0.25) is 0 Å². The van der Waals surface area contributed by atoms with Crippen LogP contribution in [0.4, 0.5) is 0 Å². The van der Waals surface area contributed by atoms with E-state index in [1.165, 1.54) is 83.5 Å². The second-order valence-corrected chi connectivity index (χ2v) is 35.9. The van der Waals surface area contributed by atoms with Gasteiger partial charge in [-0.3, -0.25) is 4.98 Å². The fraction of sp³-hybridized carbons (Fsp3) is 0.125. The van der Waals surface area contributed by atoms with Crippen LogP contribution in [-0.2, 0) is 102 Å². The summed E-state index contributed by atoms with van der Waals surface area (Å²) in [5.41, 5.74) is 41.6. The summed E-state index contributed by atoms with van der Waals surface area (Å²) in [5, 5.41) is 0. The second-order valence-electron chi connectivity index (χ2n) is 35.9. The van der Waals surface area contributed by atoms with Crippen molar-refractivity contribution >= 4 is 0 Å². The Kier molecular flexibility index (Phi) is 35.1. The largest absolute Gasteiger partial charge is 0.304 e. The molecule has 8 nitrogen and oxygen atoms in total. The summed E-state index contributed by atoms with van der Waals surface area (Å²) in [6, 6.07) is 159. The number of aryl methyl sites for hydroxylation is 4. The second kappa shape index (κ2) is 47.4. The van der Waals surface area contributed by atoms with Crippen molar-refractivity contribution in [2.24, 2.45) is 0 Å². The van der Waals surface area contributed by atoms with Crippen LogP contribution in [0.3, 0.4) is 0 Å². The first-order valence-corrected chi connectivity index (χ1v) is 46.1. The van der Waals surface area contributed by atoms with Crippen molar-refractivity contribution in [3.63, 3.8) is 0 Å². The minimum atomic E-state index is -0.0286. The van der Waals surface area contributed by atoms with Gasteiger partial charge in [-0.2, -0.15) is 0 Å². The summed E-state index contributed by atoms with van der Waals surface area (Å²) in [6.45, 7) is 26.2. The Bertz CT molecular complexity index is 7020. The summed E-state index contributed by atoms with van der Waals surface area (Å²) in [4.78, 5) is 36.6. The predicted molar refractivity (Wildman–Crippen MR) is 557 cm³/mol. The molecule has 4 radical (unpaired) electrons. The van der Waals surface area contributed by atoms with Crippen molar-refractivity contribution in [3.8, 4) is 135 Å². The van der Waals surface area contributed by atoms with Crippen LogP contribution < -0.4 is 0 Å². The molecule has 0 aliphatic heterocycles. The van der Waals surface area contributed by atoms with Crippen molar-refractivity contribution in [1.29, 1.82) is 0 Å². The van der Waals surface area contributed by atoms with Crippen LogP contribution in [0.25, 0.3) is 135 Å². The van der Waals surface area contributed by atoms with E-state index in [0.29, 0.717) is 0 Å². The SMILES string of the molecule is CC1(C)c2ccccc2-c2c1ccnc2-c1[c-]cccc1.CC1(C)c2ccccc2-c2cc(-c3[c-]cccc3)ncc21.CC1(C)c2ccccc2-c2ccnc(-c3[c-]cccc3)c21.CC1(C)c2ccccc2-c2nc(-c3[c-]cccc3)ccc21.Cc1cccc(-c2[c-]cccc2)n1.Cc1cccc(-c2[c-]cccc2)n1.Cc1cccc(-c2[c-]cccc2)n1.Cc1cccc(-c2[c-]cccc2)n1.[Ir].[Ir].[Ir].[Ir]. The Morgan fingerprint density at radius 1 is 0.193 bits per heavy atom. The predicted octanol–water partition coefficient (Wildman–Crippen LogP) is 30.8. The third-order valence-electron chi connectivity index (χ3n) is 25.2. The number of rotatable bonds is 8. The zero-order valence-electron chi connectivity index (χ0n) is 80.2. The molecule has 8 aromatic heterocycles. The van der Waals surface area contributed by atoms with Crippen molar-refractivity contribution in [1.82, 2.24) is 39.9 Å². The Morgan fingerprint density at radius 3 is 0.886 bits per heavy atom. The fourth-order valence-corrected chi connectivity index (χ4v) is 18.4. The molecule has 140 heavy (non-hydrogen) atoms. The van der Waals surface area contributed by atoms with Crippen molar-refractivity contribution < 1.29 is 80.4 Å². The third-order valence-corrected chi connectivity index (χ3v) is 25.2. The maximum atomic E-state index is 4.93. The van der Waals surface area contributed by atoms with Gasteiger partial charge in [0.2, 0.25) is 0 Å². The molecule has 0 unspecified atom stereocenters. The molecule has 24 rings (SSSR count). The molecule has 12 heteroatoms. The first-order valence-electron chi connectivity index (χ1n) is 46.1. The van der Waals surface area contributed by atoms with Gasteiger partial charge in [0.25, 0.3) is 0 Å². The minimum absolute atomic E-state index is 0. The van der Waals surface area contributed by atoms with Crippen LogP contribution in [0.5, 0.6) is 0 Å². The van der Waals surface area contributed by atoms with Gasteiger partial charge in [-0.15, -0.1) is 287 Å². The van der Waals surface area contributed by atoms with Gasteiger partial charge in [-0.25, -0.2) is 0 Å². The van der Waals surface area contributed by atoms with E-state index in [-0.39, 0.29) is 102 Å². The van der Waals surface area contributed by atoms with Crippen LogP contribution in [0.15, 0.2) is 413 Å². The maximum absolute atomic E-state index is 4.93.